The molecule has 0 unspecified atom stereocenters. The van der Waals surface area contributed by atoms with Gasteiger partial charge in [-0.1, -0.05) is 0 Å². The second-order valence-corrected chi connectivity index (χ2v) is 6.44. The topological polar surface area (TPSA) is 21.7 Å². The van der Waals surface area contributed by atoms with E-state index in [1.54, 1.807) is 0 Å². The maximum absolute atomic E-state index is 5.56. The van der Waals surface area contributed by atoms with Crippen molar-refractivity contribution < 1.29 is 9.05 Å². The Balaban J connectivity index is 2.63. The number of hydrogen-bond donors (Lipinski definition) is 0. The average Bonchev–Trinajstić information content (AvgIpc) is 1.86. The first kappa shape index (κ1) is 9.62. The highest BCUT2D eigenvalue weighted by Gasteiger charge is 2.28. The van der Waals surface area contributed by atoms with Gasteiger partial charge in [0.2, 0.25) is 0 Å². The van der Waals surface area contributed by atoms with Crippen molar-refractivity contribution in [2.24, 2.45) is 0 Å². The molecule has 0 amide bonds. The molecule has 0 saturated carbocycles. The normalized spacial score (nSPS) is 39.5. The van der Waals surface area contributed by atoms with Crippen molar-refractivity contribution in [3.8, 4) is 0 Å². The monoisotopic (exact) mass is 195 g/mol. The molecule has 1 aliphatic rings. The van der Waals surface area contributed by atoms with E-state index in [2.05, 4.69) is 0 Å². The maximum Gasteiger partial charge on any atom is 0.263 e. The largest absolute Gasteiger partial charge is 0.318 e. The lowest BCUT2D eigenvalue weighted by Gasteiger charge is -2.34. The lowest BCUT2D eigenvalue weighted by Crippen LogP contribution is -2.23. The zero-order valence-electron chi connectivity index (χ0n) is 7.11. The first-order chi connectivity index (χ1) is 5.04. The average molecular weight is 195 g/mol. The lowest BCUT2D eigenvalue weighted by atomic mass is 10.3. The summed E-state index contributed by atoms with van der Waals surface area (Å²) < 4.78 is 12.9. The van der Waals surface area contributed by atoms with Crippen molar-refractivity contribution >= 4 is 18.4 Å². The van der Waals surface area contributed by atoms with Crippen LogP contribution in [-0.4, -0.2) is 31.5 Å². The summed E-state index contributed by atoms with van der Waals surface area (Å²) in [6, 6.07) is 0. The van der Waals surface area contributed by atoms with E-state index in [4.69, 9.17) is 20.9 Å². The Morgan fingerprint density at radius 3 is 2.55 bits per heavy atom. The number of rotatable bonds is 1. The predicted molar refractivity (Wildman–Crippen MR) is 49.1 cm³/mol. The summed E-state index contributed by atoms with van der Waals surface area (Å²) in [5.41, 5.74) is 0. The van der Waals surface area contributed by atoms with Gasteiger partial charge in [-0.2, -0.15) is 0 Å². The third-order valence-electron chi connectivity index (χ3n) is 1.58. The second kappa shape index (κ2) is 3.50. The van der Waals surface area contributed by atoms with Gasteiger partial charge in [0.15, 0.2) is 0 Å². The molecule has 0 aromatic heterocycles. The number of hydrogen-bond acceptors (Lipinski definition) is 3. The molecule has 66 valence electrons. The van der Waals surface area contributed by atoms with E-state index >= 15 is 0 Å². The molecule has 0 radical (unpaired) electrons. The summed E-state index contributed by atoms with van der Waals surface area (Å²) in [5.74, 6) is 0. The minimum absolute atomic E-state index is 0.247. The summed E-state index contributed by atoms with van der Waals surface area (Å²) in [6.45, 7) is 0.693. The molecule has 0 N–H and O–H groups in total. The molecular formula is C6H14NO2PS. The first-order valence-corrected chi connectivity index (χ1v) is 6.24. The van der Waals surface area contributed by atoms with Crippen LogP contribution in [0.1, 0.15) is 13.3 Å². The van der Waals surface area contributed by atoms with Crippen LogP contribution in [0, 0.1) is 0 Å². The van der Waals surface area contributed by atoms with Gasteiger partial charge in [-0.15, -0.1) is 0 Å². The molecule has 1 heterocycles. The molecule has 3 nitrogen and oxygen atoms in total. The van der Waals surface area contributed by atoms with Crippen LogP contribution < -0.4 is 0 Å². The SMILES string of the molecule is C[C@@H]1CCO[P@](=S)(N(C)C)O1. The van der Waals surface area contributed by atoms with Gasteiger partial charge in [0.25, 0.3) is 6.64 Å². The molecule has 0 spiro atoms. The van der Waals surface area contributed by atoms with Gasteiger partial charge >= 0.3 is 0 Å². The van der Waals surface area contributed by atoms with Crippen LogP contribution in [0.15, 0.2) is 0 Å². The standard InChI is InChI=1S/C6H14NO2PS/c1-6-4-5-8-10(11,9-6)7(2)3/h6H,4-5H2,1-3H3/t6-,10-/m1/s1. The van der Waals surface area contributed by atoms with Crippen LogP contribution in [0.25, 0.3) is 0 Å². The van der Waals surface area contributed by atoms with Gasteiger partial charge in [0.05, 0.1) is 12.7 Å². The molecule has 1 rings (SSSR count). The Morgan fingerprint density at radius 2 is 2.18 bits per heavy atom. The molecule has 1 aliphatic heterocycles. The summed E-state index contributed by atoms with van der Waals surface area (Å²) in [5, 5.41) is 0. The van der Waals surface area contributed by atoms with Crippen molar-refractivity contribution in [1.29, 1.82) is 0 Å². The predicted octanol–water partition coefficient (Wildman–Crippen LogP) is 1.60. The summed E-state index contributed by atoms with van der Waals surface area (Å²) in [6.07, 6.45) is 1.20. The minimum Gasteiger partial charge on any atom is -0.318 e. The molecule has 1 fully saturated rings. The highest BCUT2D eigenvalue weighted by Crippen LogP contribution is 2.54. The third kappa shape index (κ3) is 2.23. The van der Waals surface area contributed by atoms with E-state index in [1.165, 1.54) is 0 Å². The van der Waals surface area contributed by atoms with E-state index in [1.807, 2.05) is 25.7 Å². The van der Waals surface area contributed by atoms with Crippen molar-refractivity contribution in [3.05, 3.63) is 0 Å². The summed E-state index contributed by atoms with van der Waals surface area (Å²) >= 11 is 5.25. The molecule has 2 atom stereocenters. The second-order valence-electron chi connectivity index (χ2n) is 2.85. The zero-order chi connectivity index (χ0) is 8.48. The summed E-state index contributed by atoms with van der Waals surface area (Å²) in [7, 11) is 3.80. The highest BCUT2D eigenvalue weighted by molar-refractivity contribution is 8.08. The molecule has 0 aromatic rings. The Bertz CT molecular complexity index is 185. The Kier molecular flexibility index (Phi) is 3.06. The van der Waals surface area contributed by atoms with E-state index in [9.17, 15) is 0 Å². The van der Waals surface area contributed by atoms with Gasteiger partial charge < -0.3 is 9.05 Å². The Labute approximate surface area is 72.9 Å². The van der Waals surface area contributed by atoms with Crippen LogP contribution in [0.4, 0.5) is 0 Å². The smallest absolute Gasteiger partial charge is 0.263 e. The van der Waals surface area contributed by atoms with Crippen LogP contribution in [0.5, 0.6) is 0 Å². The van der Waals surface area contributed by atoms with E-state index < -0.39 is 6.64 Å². The quantitative estimate of drug-likeness (QED) is 0.592. The highest BCUT2D eigenvalue weighted by atomic mass is 32.5. The van der Waals surface area contributed by atoms with Gasteiger partial charge in [0.1, 0.15) is 0 Å². The first-order valence-electron chi connectivity index (χ1n) is 3.65. The minimum atomic E-state index is -2.07. The fourth-order valence-corrected chi connectivity index (χ4v) is 2.90. The fourth-order valence-electron chi connectivity index (χ4n) is 0.854. The van der Waals surface area contributed by atoms with E-state index in [0.717, 1.165) is 13.0 Å². The zero-order valence-corrected chi connectivity index (χ0v) is 8.82. The van der Waals surface area contributed by atoms with Gasteiger partial charge in [-0.05, 0) is 39.2 Å². The van der Waals surface area contributed by atoms with Crippen LogP contribution in [-0.2, 0) is 20.9 Å². The van der Waals surface area contributed by atoms with E-state index in [-0.39, 0.29) is 6.10 Å². The summed E-state index contributed by atoms with van der Waals surface area (Å²) in [4.78, 5) is 0. The maximum atomic E-state index is 5.56. The van der Waals surface area contributed by atoms with Crippen LogP contribution >= 0.6 is 6.64 Å². The molecule has 0 aromatic carbocycles. The van der Waals surface area contributed by atoms with Crippen molar-refractivity contribution in [2.75, 3.05) is 20.7 Å². The van der Waals surface area contributed by atoms with Crippen molar-refractivity contribution in [2.45, 2.75) is 19.4 Å². The fraction of sp³-hybridized carbons (Fsp3) is 1.00. The molecular weight excluding hydrogens is 181 g/mol. The Morgan fingerprint density at radius 1 is 1.55 bits per heavy atom. The molecule has 0 aliphatic carbocycles. The third-order valence-corrected chi connectivity index (χ3v) is 5.25. The van der Waals surface area contributed by atoms with Gasteiger partial charge in [-0.3, -0.25) is 0 Å². The van der Waals surface area contributed by atoms with Gasteiger partial charge in [0, 0.05) is 0 Å². The van der Waals surface area contributed by atoms with Crippen LogP contribution in [0.3, 0.4) is 0 Å². The molecule has 11 heavy (non-hydrogen) atoms. The van der Waals surface area contributed by atoms with Gasteiger partial charge in [-0.25, -0.2) is 4.67 Å². The number of nitrogens with zero attached hydrogens (tertiary/aromatic N) is 1. The Hall–Kier alpha value is 0.530. The lowest BCUT2D eigenvalue weighted by molar-refractivity contribution is 0.100. The molecule has 1 saturated heterocycles. The van der Waals surface area contributed by atoms with Crippen LogP contribution in [0.2, 0.25) is 0 Å². The van der Waals surface area contributed by atoms with Crippen molar-refractivity contribution in [3.63, 3.8) is 0 Å². The molecule has 5 heteroatoms. The van der Waals surface area contributed by atoms with Crippen molar-refractivity contribution in [1.82, 2.24) is 4.67 Å². The van der Waals surface area contributed by atoms with E-state index in [0.29, 0.717) is 0 Å². The molecule has 0 bridgehead atoms.